The van der Waals surface area contributed by atoms with Gasteiger partial charge in [-0.3, -0.25) is 13.9 Å². The first-order chi connectivity index (χ1) is 19.7. The highest BCUT2D eigenvalue weighted by molar-refractivity contribution is 7.92. The van der Waals surface area contributed by atoms with Crippen LogP contribution in [0.15, 0.2) is 83.8 Å². The minimum Gasteiger partial charge on any atom is -0.494 e. The van der Waals surface area contributed by atoms with Gasteiger partial charge in [0.1, 0.15) is 18.3 Å². The largest absolute Gasteiger partial charge is 0.494 e. The SMILES string of the molecule is CCCNC(=O)[C@@H](CC)N(CCc1ccccc1)C(=O)CN(c1ccc(C)cc1)S(=O)(=O)c1ccc(OCC)cc1. The van der Waals surface area contributed by atoms with Gasteiger partial charge in [-0.15, -0.1) is 0 Å². The van der Waals surface area contributed by atoms with Crippen LogP contribution >= 0.6 is 0 Å². The number of amides is 2. The molecule has 3 aromatic carbocycles. The second-order valence-corrected chi connectivity index (χ2v) is 11.7. The Balaban J connectivity index is 1.99. The highest BCUT2D eigenvalue weighted by Gasteiger charge is 2.33. The van der Waals surface area contributed by atoms with Crippen molar-refractivity contribution in [1.29, 1.82) is 0 Å². The van der Waals surface area contributed by atoms with E-state index in [2.05, 4.69) is 5.32 Å². The Bertz CT molecular complexity index is 1360. The Morgan fingerprint density at radius 2 is 1.56 bits per heavy atom. The lowest BCUT2D eigenvalue weighted by molar-refractivity contribution is -0.139. The molecule has 2 amide bonds. The van der Waals surface area contributed by atoms with Crippen LogP contribution in [0.1, 0.15) is 44.7 Å². The van der Waals surface area contributed by atoms with Crippen LogP contribution in [0, 0.1) is 6.92 Å². The highest BCUT2D eigenvalue weighted by Crippen LogP contribution is 2.26. The van der Waals surface area contributed by atoms with E-state index < -0.39 is 28.5 Å². The number of nitrogens with one attached hydrogen (secondary N) is 1. The van der Waals surface area contributed by atoms with Gasteiger partial charge < -0.3 is 15.0 Å². The van der Waals surface area contributed by atoms with Crippen molar-refractivity contribution in [1.82, 2.24) is 10.2 Å². The molecule has 220 valence electrons. The molecule has 1 N–H and O–H groups in total. The molecule has 0 bridgehead atoms. The van der Waals surface area contributed by atoms with Gasteiger partial charge in [0, 0.05) is 13.1 Å². The van der Waals surface area contributed by atoms with Crippen molar-refractivity contribution in [2.45, 2.75) is 57.9 Å². The quantitative estimate of drug-likeness (QED) is 0.275. The molecule has 8 nitrogen and oxygen atoms in total. The Kier molecular flexibility index (Phi) is 11.8. The number of sulfonamides is 1. The van der Waals surface area contributed by atoms with Crippen molar-refractivity contribution in [3.63, 3.8) is 0 Å². The smallest absolute Gasteiger partial charge is 0.264 e. The molecule has 41 heavy (non-hydrogen) atoms. The maximum atomic E-state index is 14.0. The highest BCUT2D eigenvalue weighted by atomic mass is 32.2. The number of carbonyl (C=O) groups is 2. The molecule has 0 aromatic heterocycles. The lowest BCUT2D eigenvalue weighted by Crippen LogP contribution is -2.53. The minimum absolute atomic E-state index is 0.0397. The Labute approximate surface area is 244 Å². The van der Waals surface area contributed by atoms with Crippen LogP contribution in [0.3, 0.4) is 0 Å². The van der Waals surface area contributed by atoms with E-state index in [9.17, 15) is 18.0 Å². The Hall–Kier alpha value is -3.85. The van der Waals surface area contributed by atoms with Crippen LogP contribution in [-0.2, 0) is 26.0 Å². The summed E-state index contributed by atoms with van der Waals surface area (Å²) in [5.41, 5.74) is 2.34. The fraction of sp³-hybridized carbons (Fsp3) is 0.375. The van der Waals surface area contributed by atoms with Gasteiger partial charge in [-0.1, -0.05) is 61.9 Å². The molecule has 9 heteroatoms. The lowest BCUT2D eigenvalue weighted by Gasteiger charge is -2.33. The average Bonchev–Trinajstić information content (AvgIpc) is 2.98. The third-order valence-electron chi connectivity index (χ3n) is 6.74. The molecule has 0 saturated heterocycles. The molecular formula is C32H41N3O5S. The summed E-state index contributed by atoms with van der Waals surface area (Å²) in [7, 11) is -4.13. The van der Waals surface area contributed by atoms with Gasteiger partial charge in [-0.25, -0.2) is 8.42 Å². The van der Waals surface area contributed by atoms with Gasteiger partial charge in [0.15, 0.2) is 0 Å². The van der Waals surface area contributed by atoms with E-state index in [0.29, 0.717) is 37.4 Å². The molecule has 0 unspecified atom stereocenters. The Morgan fingerprint density at radius 3 is 2.15 bits per heavy atom. The van der Waals surface area contributed by atoms with Crippen LogP contribution in [0.25, 0.3) is 0 Å². The van der Waals surface area contributed by atoms with Crippen LogP contribution in [-0.4, -0.2) is 57.4 Å². The van der Waals surface area contributed by atoms with E-state index in [0.717, 1.165) is 21.9 Å². The van der Waals surface area contributed by atoms with Gasteiger partial charge >= 0.3 is 0 Å². The number of nitrogens with zero attached hydrogens (tertiary/aromatic N) is 2. The molecule has 0 saturated carbocycles. The molecule has 3 aromatic rings. The second-order valence-electron chi connectivity index (χ2n) is 9.79. The van der Waals surface area contributed by atoms with Crippen LogP contribution in [0.5, 0.6) is 5.75 Å². The molecule has 1 atom stereocenters. The van der Waals surface area contributed by atoms with Crippen molar-refractivity contribution < 1.29 is 22.7 Å². The van der Waals surface area contributed by atoms with Crippen molar-refractivity contribution in [3.05, 3.63) is 90.0 Å². The predicted octanol–water partition coefficient (Wildman–Crippen LogP) is 4.97. The molecule has 0 radical (unpaired) electrons. The van der Waals surface area contributed by atoms with Crippen LogP contribution in [0.2, 0.25) is 0 Å². The van der Waals surface area contributed by atoms with E-state index in [4.69, 9.17) is 4.74 Å². The molecule has 0 aliphatic heterocycles. The van der Waals surface area contributed by atoms with Gasteiger partial charge in [-0.2, -0.15) is 0 Å². The maximum Gasteiger partial charge on any atom is 0.264 e. The molecular weight excluding hydrogens is 538 g/mol. The second kappa shape index (κ2) is 15.2. The number of ether oxygens (including phenoxy) is 1. The molecule has 0 heterocycles. The lowest BCUT2D eigenvalue weighted by atomic mass is 10.1. The van der Waals surface area contributed by atoms with Crippen molar-refractivity contribution in [2.24, 2.45) is 0 Å². The topological polar surface area (TPSA) is 96.0 Å². The summed E-state index contributed by atoms with van der Waals surface area (Å²) in [6, 6.07) is 22.1. The summed E-state index contributed by atoms with van der Waals surface area (Å²) in [6.07, 6.45) is 1.69. The summed E-state index contributed by atoms with van der Waals surface area (Å²) < 4.78 is 34.5. The van der Waals surface area contributed by atoms with Gasteiger partial charge in [0.05, 0.1) is 17.2 Å². The Morgan fingerprint density at radius 1 is 0.902 bits per heavy atom. The first kappa shape index (κ1) is 31.7. The van der Waals surface area contributed by atoms with E-state index >= 15 is 0 Å². The summed E-state index contributed by atoms with van der Waals surface area (Å²) in [4.78, 5) is 28.7. The number of benzene rings is 3. The number of rotatable bonds is 15. The molecule has 0 spiro atoms. The average molecular weight is 580 g/mol. The standard InChI is InChI=1S/C32H41N3O5S/c1-5-22-33-32(37)30(6-2)34(23-21-26-11-9-8-10-12-26)31(36)24-35(27-15-13-25(4)14-16-27)41(38,39)29-19-17-28(18-20-29)40-7-3/h8-20,30H,5-7,21-24H2,1-4H3,(H,33,37)/t30-/m1/s1. The monoisotopic (exact) mass is 579 g/mol. The zero-order valence-electron chi connectivity index (χ0n) is 24.4. The van der Waals surface area contributed by atoms with Gasteiger partial charge in [-0.05, 0) is 75.1 Å². The van der Waals surface area contributed by atoms with Crippen LogP contribution in [0.4, 0.5) is 5.69 Å². The third-order valence-corrected chi connectivity index (χ3v) is 8.53. The number of aryl methyl sites for hydroxylation is 1. The van der Waals surface area contributed by atoms with E-state index in [1.165, 1.54) is 17.0 Å². The summed E-state index contributed by atoms with van der Waals surface area (Å²) in [5, 5.41) is 2.90. The van der Waals surface area contributed by atoms with Crippen molar-refractivity contribution >= 4 is 27.5 Å². The fourth-order valence-electron chi connectivity index (χ4n) is 4.50. The first-order valence-corrected chi connectivity index (χ1v) is 15.6. The van der Waals surface area contributed by atoms with Gasteiger partial charge in [0.25, 0.3) is 10.0 Å². The molecule has 0 aliphatic rings. The molecule has 0 aliphatic carbocycles. The zero-order chi connectivity index (χ0) is 29.8. The van der Waals surface area contributed by atoms with E-state index in [1.807, 2.05) is 58.0 Å². The summed E-state index contributed by atoms with van der Waals surface area (Å²) >= 11 is 0. The van der Waals surface area contributed by atoms with Crippen molar-refractivity contribution in [2.75, 3.05) is 30.5 Å². The normalized spacial score (nSPS) is 11.9. The third kappa shape index (κ3) is 8.57. The fourth-order valence-corrected chi connectivity index (χ4v) is 5.92. The first-order valence-electron chi connectivity index (χ1n) is 14.1. The maximum absolute atomic E-state index is 14.0. The van der Waals surface area contributed by atoms with E-state index in [1.54, 1.807) is 36.4 Å². The van der Waals surface area contributed by atoms with Crippen LogP contribution < -0.4 is 14.4 Å². The predicted molar refractivity (Wildman–Crippen MR) is 163 cm³/mol. The number of anilines is 1. The number of carbonyl (C=O) groups excluding carboxylic acids is 2. The molecule has 0 fully saturated rings. The van der Waals surface area contributed by atoms with E-state index in [-0.39, 0.29) is 17.3 Å². The van der Waals surface area contributed by atoms with Gasteiger partial charge in [0.2, 0.25) is 11.8 Å². The molecule has 3 rings (SSSR count). The minimum atomic E-state index is -4.13. The van der Waals surface area contributed by atoms with Crippen molar-refractivity contribution in [3.8, 4) is 5.75 Å². The summed E-state index contributed by atoms with van der Waals surface area (Å²) in [6.45, 7) is 8.35. The zero-order valence-corrected chi connectivity index (χ0v) is 25.2. The summed E-state index contributed by atoms with van der Waals surface area (Å²) in [5.74, 6) is -0.137. The number of hydrogen-bond acceptors (Lipinski definition) is 5. The number of hydrogen-bond donors (Lipinski definition) is 1.